The summed E-state index contributed by atoms with van der Waals surface area (Å²) in [4.78, 5) is 14.9. The summed E-state index contributed by atoms with van der Waals surface area (Å²) < 4.78 is 2.41. The van der Waals surface area contributed by atoms with Crippen LogP contribution in [0, 0.1) is 18.3 Å². The lowest BCUT2D eigenvalue weighted by Gasteiger charge is -2.21. The van der Waals surface area contributed by atoms with Gasteiger partial charge in [-0.15, -0.1) is 0 Å². The van der Waals surface area contributed by atoms with Gasteiger partial charge in [0.1, 0.15) is 0 Å². The quantitative estimate of drug-likeness (QED) is 0.496. The van der Waals surface area contributed by atoms with Crippen molar-refractivity contribution in [2.75, 3.05) is 13.1 Å². The molecule has 2 aromatic carbocycles. The van der Waals surface area contributed by atoms with E-state index >= 15 is 0 Å². The third-order valence-electron chi connectivity index (χ3n) is 6.89. The van der Waals surface area contributed by atoms with Crippen molar-refractivity contribution in [3.05, 3.63) is 77.6 Å². The number of rotatable bonds is 7. The minimum absolute atomic E-state index is 0.282. The van der Waals surface area contributed by atoms with Gasteiger partial charge in [0.05, 0.1) is 0 Å². The minimum atomic E-state index is 0.282. The van der Waals surface area contributed by atoms with Gasteiger partial charge >= 0.3 is 0 Å². The standard InChI is InChI=1S/C28H34N4O/c1-21-16-25-17-24(26(18-29)19-30)10-11-27(25)32(21)20-23-8-5-14-31(15-13-23)28(33)12-9-22-6-3-2-4-7-22/h2-4,6-7,10-11,16-19,23,29H,5,8-9,12-15,20,30H2,1H3/b26-19+,29-18?. The summed E-state index contributed by atoms with van der Waals surface area (Å²) >= 11 is 0. The first-order chi connectivity index (χ1) is 16.1. The smallest absolute Gasteiger partial charge is 0.222 e. The van der Waals surface area contributed by atoms with Crippen LogP contribution in [-0.4, -0.2) is 34.7 Å². The number of amides is 1. The lowest BCUT2D eigenvalue weighted by Crippen LogP contribution is -2.32. The SMILES string of the molecule is Cc1cc2cc(/C(C=N)=C/N)ccc2n1CC1CCCN(C(=O)CCc2ccccc2)CC1. The zero-order valence-corrected chi connectivity index (χ0v) is 19.5. The van der Waals surface area contributed by atoms with E-state index in [-0.39, 0.29) is 5.91 Å². The average Bonchev–Trinajstić information content (AvgIpc) is 2.99. The summed E-state index contributed by atoms with van der Waals surface area (Å²) in [6.45, 7) is 4.86. The summed E-state index contributed by atoms with van der Waals surface area (Å²) in [5.41, 5.74) is 11.1. The molecule has 172 valence electrons. The summed E-state index contributed by atoms with van der Waals surface area (Å²) in [6.07, 6.45) is 7.44. The first-order valence-electron chi connectivity index (χ1n) is 11.9. The van der Waals surface area contributed by atoms with Gasteiger partial charge in [0.15, 0.2) is 0 Å². The van der Waals surface area contributed by atoms with E-state index in [1.54, 1.807) is 0 Å². The van der Waals surface area contributed by atoms with E-state index in [1.807, 2.05) is 24.3 Å². The molecule has 0 saturated carbocycles. The molecule has 2 heterocycles. The lowest BCUT2D eigenvalue weighted by atomic mass is 10.0. The molecule has 5 nitrogen and oxygen atoms in total. The lowest BCUT2D eigenvalue weighted by molar-refractivity contribution is -0.131. The monoisotopic (exact) mass is 442 g/mol. The normalized spacial score (nSPS) is 17.2. The number of aryl methyl sites for hydroxylation is 2. The number of nitrogens with zero attached hydrogens (tertiary/aromatic N) is 2. The molecule has 1 unspecified atom stereocenters. The number of allylic oxidation sites excluding steroid dienone is 1. The number of hydrogen-bond acceptors (Lipinski definition) is 3. The Labute approximate surface area is 196 Å². The molecule has 1 atom stereocenters. The third-order valence-corrected chi connectivity index (χ3v) is 6.89. The van der Waals surface area contributed by atoms with Gasteiger partial charge in [0.2, 0.25) is 5.91 Å². The number of carbonyl (C=O) groups excluding carboxylic acids is 1. The number of likely N-dealkylation sites (tertiary alicyclic amines) is 1. The predicted molar refractivity (Wildman–Crippen MR) is 136 cm³/mol. The molecule has 1 amide bonds. The highest BCUT2D eigenvalue weighted by atomic mass is 16.2. The number of aromatic nitrogens is 1. The van der Waals surface area contributed by atoms with Crippen LogP contribution < -0.4 is 5.73 Å². The van der Waals surface area contributed by atoms with Crippen molar-refractivity contribution < 1.29 is 4.79 Å². The molecule has 0 radical (unpaired) electrons. The Hall–Kier alpha value is -3.34. The van der Waals surface area contributed by atoms with Crippen LogP contribution in [0.1, 0.15) is 42.5 Å². The topological polar surface area (TPSA) is 75.1 Å². The Bertz CT molecular complexity index is 1150. The molecule has 1 saturated heterocycles. The van der Waals surface area contributed by atoms with Crippen LogP contribution in [0.25, 0.3) is 16.5 Å². The molecule has 1 aromatic heterocycles. The van der Waals surface area contributed by atoms with Crippen molar-refractivity contribution in [2.24, 2.45) is 11.7 Å². The van der Waals surface area contributed by atoms with Gasteiger partial charge in [-0.25, -0.2) is 0 Å². The van der Waals surface area contributed by atoms with E-state index in [9.17, 15) is 4.79 Å². The van der Waals surface area contributed by atoms with Gasteiger partial charge in [-0.3, -0.25) is 4.79 Å². The van der Waals surface area contributed by atoms with Gasteiger partial charge in [0, 0.05) is 60.6 Å². The molecule has 1 aliphatic heterocycles. The molecule has 1 aliphatic rings. The van der Waals surface area contributed by atoms with Crippen LogP contribution in [0.5, 0.6) is 0 Å². The number of carbonyl (C=O) groups is 1. The highest BCUT2D eigenvalue weighted by Gasteiger charge is 2.22. The van der Waals surface area contributed by atoms with Crippen molar-refractivity contribution in [2.45, 2.75) is 45.6 Å². The van der Waals surface area contributed by atoms with Crippen molar-refractivity contribution in [1.82, 2.24) is 9.47 Å². The summed E-state index contributed by atoms with van der Waals surface area (Å²) in [5.74, 6) is 0.844. The van der Waals surface area contributed by atoms with E-state index < -0.39 is 0 Å². The molecule has 0 aliphatic carbocycles. The van der Waals surface area contributed by atoms with Crippen LogP contribution in [0.3, 0.4) is 0 Å². The summed E-state index contributed by atoms with van der Waals surface area (Å²) in [7, 11) is 0. The molecule has 33 heavy (non-hydrogen) atoms. The first-order valence-corrected chi connectivity index (χ1v) is 11.9. The fourth-order valence-electron chi connectivity index (χ4n) is 4.97. The highest BCUT2D eigenvalue weighted by Crippen LogP contribution is 2.27. The van der Waals surface area contributed by atoms with Gasteiger partial charge in [-0.05, 0) is 67.9 Å². The third kappa shape index (κ3) is 5.36. The number of nitrogens with two attached hydrogens (primary N) is 1. The molecular formula is C28H34N4O. The average molecular weight is 443 g/mol. The number of hydrogen-bond donors (Lipinski definition) is 2. The van der Waals surface area contributed by atoms with Crippen LogP contribution in [0.15, 0.2) is 60.8 Å². The second-order valence-corrected chi connectivity index (χ2v) is 9.10. The molecule has 3 N–H and O–H groups in total. The van der Waals surface area contributed by atoms with Gasteiger partial charge in [-0.1, -0.05) is 36.4 Å². The van der Waals surface area contributed by atoms with E-state index in [0.717, 1.165) is 56.5 Å². The first kappa shape index (κ1) is 22.8. The molecule has 0 spiro atoms. The predicted octanol–water partition coefficient (Wildman–Crippen LogP) is 5.16. The largest absolute Gasteiger partial charge is 0.404 e. The maximum Gasteiger partial charge on any atom is 0.222 e. The summed E-state index contributed by atoms with van der Waals surface area (Å²) in [6, 6.07) is 18.8. The van der Waals surface area contributed by atoms with Crippen LogP contribution in [0.2, 0.25) is 0 Å². The van der Waals surface area contributed by atoms with Crippen molar-refractivity contribution >= 4 is 28.6 Å². The van der Waals surface area contributed by atoms with Gasteiger partial charge in [-0.2, -0.15) is 0 Å². The maximum atomic E-state index is 12.8. The number of fused-ring (bicyclic) bond motifs is 1. The highest BCUT2D eigenvalue weighted by molar-refractivity contribution is 6.09. The van der Waals surface area contributed by atoms with Crippen LogP contribution >= 0.6 is 0 Å². The fraction of sp³-hybridized carbons (Fsp3) is 0.357. The fourth-order valence-corrected chi connectivity index (χ4v) is 4.97. The number of nitrogens with one attached hydrogen (secondary N) is 1. The Morgan fingerprint density at radius 2 is 1.94 bits per heavy atom. The minimum Gasteiger partial charge on any atom is -0.404 e. The van der Waals surface area contributed by atoms with Crippen molar-refractivity contribution in [3.8, 4) is 0 Å². The van der Waals surface area contributed by atoms with E-state index in [4.69, 9.17) is 11.1 Å². The maximum absolute atomic E-state index is 12.8. The molecule has 1 fully saturated rings. The van der Waals surface area contributed by atoms with Crippen LogP contribution in [0.4, 0.5) is 0 Å². The molecular weight excluding hydrogens is 408 g/mol. The summed E-state index contributed by atoms with van der Waals surface area (Å²) in [5, 5.41) is 8.73. The van der Waals surface area contributed by atoms with E-state index in [0.29, 0.717) is 12.3 Å². The van der Waals surface area contributed by atoms with Crippen molar-refractivity contribution in [3.63, 3.8) is 0 Å². The van der Waals surface area contributed by atoms with Gasteiger partial charge in [0.25, 0.3) is 0 Å². The molecule has 3 aromatic rings. The Kier molecular flexibility index (Phi) is 7.28. The molecule has 0 bridgehead atoms. The van der Waals surface area contributed by atoms with Crippen LogP contribution in [-0.2, 0) is 17.8 Å². The van der Waals surface area contributed by atoms with Crippen molar-refractivity contribution in [1.29, 1.82) is 5.41 Å². The molecule has 4 rings (SSSR count). The number of benzene rings is 2. The Morgan fingerprint density at radius 1 is 1.12 bits per heavy atom. The zero-order valence-electron chi connectivity index (χ0n) is 19.5. The Balaban J connectivity index is 1.39. The van der Waals surface area contributed by atoms with E-state index in [2.05, 4.69) is 46.7 Å². The Morgan fingerprint density at radius 3 is 2.70 bits per heavy atom. The van der Waals surface area contributed by atoms with E-state index in [1.165, 1.54) is 34.6 Å². The second-order valence-electron chi connectivity index (χ2n) is 9.10. The second kappa shape index (κ2) is 10.5. The molecule has 5 heteroatoms. The van der Waals surface area contributed by atoms with Gasteiger partial charge < -0.3 is 20.6 Å². The zero-order chi connectivity index (χ0) is 23.2.